The summed E-state index contributed by atoms with van der Waals surface area (Å²) in [5.41, 5.74) is 1.77. The molecule has 2 N–H and O–H groups in total. The van der Waals surface area contributed by atoms with Crippen LogP contribution >= 0.6 is 0 Å². The van der Waals surface area contributed by atoms with Gasteiger partial charge < -0.3 is 15.2 Å². The fourth-order valence-electron chi connectivity index (χ4n) is 3.20. The highest BCUT2D eigenvalue weighted by molar-refractivity contribution is 5.99. The van der Waals surface area contributed by atoms with E-state index in [9.17, 15) is 9.59 Å². The van der Waals surface area contributed by atoms with E-state index < -0.39 is 0 Å². The van der Waals surface area contributed by atoms with Crippen molar-refractivity contribution in [2.75, 3.05) is 13.1 Å². The van der Waals surface area contributed by atoms with Crippen LogP contribution in [0.4, 0.5) is 0 Å². The summed E-state index contributed by atoms with van der Waals surface area (Å²) in [5.74, 6) is 0.926. The average molecular weight is 353 g/mol. The van der Waals surface area contributed by atoms with E-state index in [1.54, 1.807) is 36.1 Å². The Labute approximate surface area is 149 Å². The van der Waals surface area contributed by atoms with Crippen LogP contribution in [-0.4, -0.2) is 54.4 Å². The molecule has 3 aromatic rings. The quantitative estimate of drug-likeness (QED) is 0.718. The van der Waals surface area contributed by atoms with E-state index in [-0.39, 0.29) is 17.7 Å². The maximum absolute atomic E-state index is 12.4. The Morgan fingerprint density at radius 3 is 3.04 bits per heavy atom. The second kappa shape index (κ2) is 6.58. The Morgan fingerprint density at radius 2 is 2.23 bits per heavy atom. The normalized spacial score (nSPS) is 17.0. The molecule has 2 amide bonds. The number of nitrogens with one attached hydrogen (secondary N) is 2. The van der Waals surface area contributed by atoms with E-state index in [1.165, 1.54) is 6.20 Å². The van der Waals surface area contributed by atoms with Crippen molar-refractivity contribution in [1.82, 2.24) is 34.8 Å². The summed E-state index contributed by atoms with van der Waals surface area (Å²) in [6.45, 7) is 3.36. The number of likely N-dealkylation sites (tertiary alicyclic amines) is 1. The van der Waals surface area contributed by atoms with Gasteiger partial charge in [0, 0.05) is 38.3 Å². The standard InChI is InChI=1S/C17H19N7O2/c1-11(25)23-6-3-12(10-23)15-19-7-13(22-15)8-20-17(26)14-9-21-24-5-2-4-18-16(14)24/h2,4-5,7,9,12H,3,6,8,10H2,1H3,(H,19,22)(H,20,26)/t12-/m1/s1. The molecule has 3 aromatic heterocycles. The molecule has 0 saturated carbocycles. The highest BCUT2D eigenvalue weighted by atomic mass is 16.2. The lowest BCUT2D eigenvalue weighted by molar-refractivity contribution is -0.127. The lowest BCUT2D eigenvalue weighted by atomic mass is 10.1. The molecule has 0 bridgehead atoms. The number of fused-ring (bicyclic) bond motifs is 1. The van der Waals surface area contributed by atoms with Gasteiger partial charge in [-0.15, -0.1) is 0 Å². The predicted molar refractivity (Wildman–Crippen MR) is 92.4 cm³/mol. The molecule has 1 aliphatic heterocycles. The molecule has 0 aromatic carbocycles. The largest absolute Gasteiger partial charge is 0.346 e. The second-order valence-electron chi connectivity index (χ2n) is 6.37. The Kier molecular flexibility index (Phi) is 4.11. The highest BCUT2D eigenvalue weighted by Gasteiger charge is 2.27. The summed E-state index contributed by atoms with van der Waals surface area (Å²) in [6.07, 6.45) is 7.49. The van der Waals surface area contributed by atoms with Gasteiger partial charge in [0.1, 0.15) is 11.4 Å². The van der Waals surface area contributed by atoms with Crippen molar-refractivity contribution in [1.29, 1.82) is 0 Å². The molecule has 9 heteroatoms. The first kappa shape index (κ1) is 16.2. The SMILES string of the molecule is CC(=O)N1CC[C@@H](c2ncc(CNC(=O)c3cnn4cccnc34)[nH]2)C1. The van der Waals surface area contributed by atoms with Gasteiger partial charge in [-0.25, -0.2) is 14.5 Å². The van der Waals surface area contributed by atoms with E-state index in [0.717, 1.165) is 24.5 Å². The van der Waals surface area contributed by atoms with Crippen molar-refractivity contribution in [3.8, 4) is 0 Å². The molecule has 4 rings (SSSR count). The van der Waals surface area contributed by atoms with Crippen LogP contribution < -0.4 is 5.32 Å². The molecule has 0 radical (unpaired) electrons. The van der Waals surface area contributed by atoms with Crippen LogP contribution in [-0.2, 0) is 11.3 Å². The molecule has 0 aliphatic carbocycles. The number of hydrogen-bond donors (Lipinski definition) is 2. The zero-order valence-corrected chi connectivity index (χ0v) is 14.3. The number of carbonyl (C=O) groups is 2. The number of amides is 2. The Morgan fingerprint density at radius 1 is 1.35 bits per heavy atom. The Bertz CT molecular complexity index is 961. The minimum absolute atomic E-state index is 0.0913. The van der Waals surface area contributed by atoms with Crippen LogP contribution in [0.1, 0.15) is 41.1 Å². The molecule has 1 atom stereocenters. The Hall–Kier alpha value is -3.23. The van der Waals surface area contributed by atoms with Gasteiger partial charge in [0.2, 0.25) is 5.91 Å². The molecule has 4 heterocycles. The van der Waals surface area contributed by atoms with E-state index >= 15 is 0 Å². The van der Waals surface area contributed by atoms with Crippen LogP contribution in [0.15, 0.2) is 30.9 Å². The van der Waals surface area contributed by atoms with Gasteiger partial charge in [0.25, 0.3) is 5.91 Å². The van der Waals surface area contributed by atoms with Crippen molar-refractivity contribution >= 4 is 17.5 Å². The van der Waals surface area contributed by atoms with Crippen LogP contribution in [0.3, 0.4) is 0 Å². The minimum Gasteiger partial charge on any atom is -0.346 e. The third-order valence-corrected chi connectivity index (χ3v) is 4.63. The predicted octanol–water partition coefficient (Wildman–Crippen LogP) is 0.718. The fourth-order valence-corrected chi connectivity index (χ4v) is 3.20. The summed E-state index contributed by atoms with van der Waals surface area (Å²) in [6, 6.07) is 1.75. The van der Waals surface area contributed by atoms with Crippen molar-refractivity contribution in [3.63, 3.8) is 0 Å². The number of carbonyl (C=O) groups excluding carboxylic acids is 2. The van der Waals surface area contributed by atoms with Crippen molar-refractivity contribution < 1.29 is 9.59 Å². The first-order valence-corrected chi connectivity index (χ1v) is 8.47. The van der Waals surface area contributed by atoms with Gasteiger partial charge >= 0.3 is 0 Å². The van der Waals surface area contributed by atoms with Gasteiger partial charge in [-0.2, -0.15) is 5.10 Å². The first-order chi connectivity index (χ1) is 12.6. The molecular weight excluding hydrogens is 334 g/mol. The smallest absolute Gasteiger partial charge is 0.257 e. The summed E-state index contributed by atoms with van der Waals surface area (Å²) in [7, 11) is 0. The van der Waals surface area contributed by atoms with E-state index in [2.05, 4.69) is 25.4 Å². The molecule has 26 heavy (non-hydrogen) atoms. The number of aromatic amines is 1. The molecule has 134 valence electrons. The highest BCUT2D eigenvalue weighted by Crippen LogP contribution is 2.24. The third-order valence-electron chi connectivity index (χ3n) is 4.63. The van der Waals surface area contributed by atoms with Gasteiger partial charge in [-0.3, -0.25) is 9.59 Å². The monoisotopic (exact) mass is 353 g/mol. The van der Waals surface area contributed by atoms with Crippen LogP contribution in [0, 0.1) is 0 Å². The van der Waals surface area contributed by atoms with Crippen molar-refractivity contribution in [2.45, 2.75) is 25.8 Å². The molecule has 1 saturated heterocycles. The van der Waals surface area contributed by atoms with Gasteiger partial charge in [-0.1, -0.05) is 0 Å². The van der Waals surface area contributed by atoms with Crippen molar-refractivity contribution in [3.05, 3.63) is 47.9 Å². The number of imidazole rings is 1. The molecule has 0 unspecified atom stereocenters. The number of nitrogens with zero attached hydrogens (tertiary/aromatic N) is 5. The molecule has 9 nitrogen and oxygen atoms in total. The molecule has 1 aliphatic rings. The van der Waals surface area contributed by atoms with Crippen LogP contribution in [0.5, 0.6) is 0 Å². The molecule has 1 fully saturated rings. The lowest BCUT2D eigenvalue weighted by Crippen LogP contribution is -2.25. The number of H-pyrrole nitrogens is 1. The summed E-state index contributed by atoms with van der Waals surface area (Å²) in [4.78, 5) is 37.5. The maximum Gasteiger partial charge on any atom is 0.257 e. The first-order valence-electron chi connectivity index (χ1n) is 8.47. The van der Waals surface area contributed by atoms with Crippen LogP contribution in [0.25, 0.3) is 5.65 Å². The van der Waals surface area contributed by atoms with E-state index in [4.69, 9.17) is 0 Å². The summed E-state index contributed by atoms with van der Waals surface area (Å²) >= 11 is 0. The number of rotatable bonds is 4. The minimum atomic E-state index is -0.238. The molecular formula is C17H19N7O2. The number of aromatic nitrogens is 5. The lowest BCUT2D eigenvalue weighted by Gasteiger charge is -2.12. The third kappa shape index (κ3) is 3.03. The summed E-state index contributed by atoms with van der Waals surface area (Å²) in [5, 5.41) is 6.97. The van der Waals surface area contributed by atoms with Crippen molar-refractivity contribution in [2.24, 2.45) is 0 Å². The van der Waals surface area contributed by atoms with Gasteiger partial charge in [0.15, 0.2) is 5.65 Å². The fraction of sp³-hybridized carbons (Fsp3) is 0.353. The zero-order valence-electron chi connectivity index (χ0n) is 14.3. The average Bonchev–Trinajstić information content (AvgIpc) is 3.37. The topological polar surface area (TPSA) is 108 Å². The Balaban J connectivity index is 1.39. The van der Waals surface area contributed by atoms with Gasteiger partial charge in [-0.05, 0) is 12.5 Å². The number of hydrogen-bond acceptors (Lipinski definition) is 5. The van der Waals surface area contributed by atoms with Gasteiger partial charge in [0.05, 0.1) is 24.6 Å². The van der Waals surface area contributed by atoms with E-state index in [0.29, 0.717) is 24.3 Å². The summed E-state index contributed by atoms with van der Waals surface area (Å²) < 4.78 is 1.56. The molecule has 0 spiro atoms. The van der Waals surface area contributed by atoms with Crippen LogP contribution in [0.2, 0.25) is 0 Å². The van der Waals surface area contributed by atoms with E-state index in [1.807, 2.05) is 4.90 Å². The second-order valence-corrected chi connectivity index (χ2v) is 6.37. The maximum atomic E-state index is 12.4. The zero-order chi connectivity index (χ0) is 18.1.